The molecule has 0 N–H and O–H groups in total. The highest BCUT2D eigenvalue weighted by atomic mass is 16.5. The minimum absolute atomic E-state index is 0.156. The number of nitriles is 1. The predicted molar refractivity (Wildman–Crippen MR) is 60.6 cm³/mol. The molecule has 16 heavy (non-hydrogen) atoms. The topological polar surface area (TPSA) is 42.2 Å². The number of para-hydroxylation sites is 1. The van der Waals surface area contributed by atoms with Crippen LogP contribution in [0, 0.1) is 11.3 Å². The number of hydrogen-bond acceptors (Lipinski definition) is 3. The van der Waals surface area contributed by atoms with Gasteiger partial charge in [-0.3, -0.25) is 0 Å². The van der Waals surface area contributed by atoms with Gasteiger partial charge in [-0.05, 0) is 19.9 Å². The zero-order valence-corrected chi connectivity index (χ0v) is 9.62. The first-order valence-corrected chi connectivity index (χ1v) is 5.43. The number of nitrogens with zero attached hydrogens (tertiary/aromatic N) is 1. The van der Waals surface area contributed by atoms with Crippen molar-refractivity contribution < 1.29 is 9.47 Å². The number of rotatable bonds is 3. The van der Waals surface area contributed by atoms with Crippen LogP contribution in [0.5, 0.6) is 11.5 Å². The van der Waals surface area contributed by atoms with Crippen LogP contribution >= 0.6 is 0 Å². The zero-order chi connectivity index (χ0) is 11.6. The Morgan fingerprint density at radius 1 is 1.50 bits per heavy atom. The van der Waals surface area contributed by atoms with Crippen molar-refractivity contribution in [1.82, 2.24) is 0 Å². The average Bonchev–Trinajstić information content (AvgIpc) is 2.53. The molecule has 3 heteroatoms. The van der Waals surface area contributed by atoms with Gasteiger partial charge < -0.3 is 9.47 Å². The molecule has 0 fully saturated rings. The molecule has 1 aromatic rings. The summed E-state index contributed by atoms with van der Waals surface area (Å²) in [6.07, 6.45) is 1.30. The van der Waals surface area contributed by atoms with E-state index < -0.39 is 0 Å². The summed E-state index contributed by atoms with van der Waals surface area (Å²) in [5.41, 5.74) is 1.02. The molecule has 0 amide bonds. The minimum Gasteiger partial charge on any atom is -0.489 e. The molecule has 1 aliphatic rings. The number of fused-ring (bicyclic) bond motifs is 1. The van der Waals surface area contributed by atoms with E-state index in [0.29, 0.717) is 13.0 Å². The van der Waals surface area contributed by atoms with Crippen molar-refractivity contribution in [3.8, 4) is 17.6 Å². The quantitative estimate of drug-likeness (QED) is 0.731. The summed E-state index contributed by atoms with van der Waals surface area (Å²) in [5, 5.41) is 8.46. The Morgan fingerprint density at radius 3 is 3.06 bits per heavy atom. The summed E-state index contributed by atoms with van der Waals surface area (Å²) < 4.78 is 11.4. The van der Waals surface area contributed by atoms with E-state index in [9.17, 15) is 0 Å². The summed E-state index contributed by atoms with van der Waals surface area (Å²) in [6, 6.07) is 7.96. The van der Waals surface area contributed by atoms with Crippen LogP contribution in [0.4, 0.5) is 0 Å². The van der Waals surface area contributed by atoms with Gasteiger partial charge in [-0.25, -0.2) is 0 Å². The highest BCUT2D eigenvalue weighted by Crippen LogP contribution is 2.41. The second-order valence-electron chi connectivity index (χ2n) is 4.54. The van der Waals surface area contributed by atoms with E-state index in [1.165, 1.54) is 5.56 Å². The number of ether oxygens (including phenoxy) is 2. The van der Waals surface area contributed by atoms with Crippen LogP contribution in [0.1, 0.15) is 25.8 Å². The van der Waals surface area contributed by atoms with E-state index in [2.05, 4.69) is 26.0 Å². The van der Waals surface area contributed by atoms with Crippen LogP contribution in [0.15, 0.2) is 18.2 Å². The standard InChI is InChI=1S/C13H15NO2/c1-13(2)9-10-5-3-6-11(12(10)16-13)15-8-4-7-14/h3,5-6H,4,8-9H2,1-2H3. The van der Waals surface area contributed by atoms with Crippen molar-refractivity contribution in [2.24, 2.45) is 0 Å². The maximum Gasteiger partial charge on any atom is 0.165 e. The van der Waals surface area contributed by atoms with Crippen molar-refractivity contribution >= 4 is 0 Å². The van der Waals surface area contributed by atoms with Crippen LogP contribution in [0.2, 0.25) is 0 Å². The maximum absolute atomic E-state index is 8.46. The first-order chi connectivity index (χ1) is 7.62. The summed E-state index contributed by atoms with van der Waals surface area (Å²) in [5.74, 6) is 1.59. The van der Waals surface area contributed by atoms with Crippen LogP contribution in [0.25, 0.3) is 0 Å². The lowest BCUT2D eigenvalue weighted by molar-refractivity contribution is 0.132. The zero-order valence-electron chi connectivity index (χ0n) is 9.62. The van der Waals surface area contributed by atoms with Crippen molar-refractivity contribution in [3.05, 3.63) is 23.8 Å². The van der Waals surface area contributed by atoms with Gasteiger partial charge in [0.2, 0.25) is 0 Å². The van der Waals surface area contributed by atoms with E-state index in [-0.39, 0.29) is 5.60 Å². The molecule has 0 saturated heterocycles. The Balaban J connectivity index is 2.17. The van der Waals surface area contributed by atoms with Crippen molar-refractivity contribution in [2.75, 3.05) is 6.61 Å². The van der Waals surface area contributed by atoms with Gasteiger partial charge in [-0.15, -0.1) is 0 Å². The molecule has 0 unspecified atom stereocenters. The van der Waals surface area contributed by atoms with Gasteiger partial charge >= 0.3 is 0 Å². The molecule has 0 aromatic heterocycles. The maximum atomic E-state index is 8.46. The number of benzene rings is 1. The lowest BCUT2D eigenvalue weighted by atomic mass is 10.0. The van der Waals surface area contributed by atoms with Crippen LogP contribution in [-0.4, -0.2) is 12.2 Å². The molecular weight excluding hydrogens is 202 g/mol. The molecule has 1 aliphatic heterocycles. The molecule has 3 nitrogen and oxygen atoms in total. The van der Waals surface area contributed by atoms with Crippen LogP contribution in [0.3, 0.4) is 0 Å². The largest absolute Gasteiger partial charge is 0.489 e. The molecule has 0 atom stereocenters. The van der Waals surface area contributed by atoms with Crippen molar-refractivity contribution in [1.29, 1.82) is 5.26 Å². The third-order valence-electron chi connectivity index (χ3n) is 2.53. The van der Waals surface area contributed by atoms with Gasteiger partial charge in [-0.1, -0.05) is 12.1 Å². The minimum atomic E-state index is -0.156. The number of hydrogen-bond donors (Lipinski definition) is 0. The van der Waals surface area contributed by atoms with Gasteiger partial charge in [0, 0.05) is 12.0 Å². The molecule has 1 heterocycles. The fourth-order valence-electron chi connectivity index (χ4n) is 1.91. The summed E-state index contributed by atoms with van der Waals surface area (Å²) in [6.45, 7) is 4.54. The predicted octanol–water partition coefficient (Wildman–Crippen LogP) is 2.69. The van der Waals surface area contributed by atoms with Crippen molar-refractivity contribution in [3.63, 3.8) is 0 Å². The smallest absolute Gasteiger partial charge is 0.165 e. The Morgan fingerprint density at radius 2 is 2.31 bits per heavy atom. The van der Waals surface area contributed by atoms with Gasteiger partial charge in [0.15, 0.2) is 11.5 Å². The molecule has 1 aromatic carbocycles. The lowest BCUT2D eigenvalue weighted by Crippen LogP contribution is -2.24. The second kappa shape index (κ2) is 4.05. The van der Waals surface area contributed by atoms with Gasteiger partial charge in [0.1, 0.15) is 12.2 Å². The molecule has 0 radical (unpaired) electrons. The van der Waals surface area contributed by atoms with E-state index in [0.717, 1.165) is 17.9 Å². The fraction of sp³-hybridized carbons (Fsp3) is 0.462. The van der Waals surface area contributed by atoms with Gasteiger partial charge in [-0.2, -0.15) is 5.26 Å². The lowest BCUT2D eigenvalue weighted by Gasteiger charge is -2.18. The Hall–Kier alpha value is -1.69. The monoisotopic (exact) mass is 217 g/mol. The first-order valence-electron chi connectivity index (χ1n) is 5.43. The third kappa shape index (κ3) is 2.11. The van der Waals surface area contributed by atoms with E-state index in [4.69, 9.17) is 14.7 Å². The highest BCUT2D eigenvalue weighted by Gasteiger charge is 2.32. The molecule has 0 saturated carbocycles. The third-order valence-corrected chi connectivity index (χ3v) is 2.53. The molecule has 0 aliphatic carbocycles. The SMILES string of the molecule is CC1(C)Cc2cccc(OCCC#N)c2O1. The van der Waals surface area contributed by atoms with Gasteiger partial charge in [0.05, 0.1) is 12.5 Å². The van der Waals surface area contributed by atoms with Gasteiger partial charge in [0.25, 0.3) is 0 Å². The van der Waals surface area contributed by atoms with Crippen molar-refractivity contribution in [2.45, 2.75) is 32.3 Å². The van der Waals surface area contributed by atoms with E-state index in [1.807, 2.05) is 12.1 Å². The molecule has 2 rings (SSSR count). The summed E-state index contributed by atoms with van der Waals surface area (Å²) >= 11 is 0. The molecule has 84 valence electrons. The normalized spacial score (nSPS) is 16.1. The second-order valence-corrected chi connectivity index (χ2v) is 4.54. The van der Waals surface area contributed by atoms with E-state index in [1.54, 1.807) is 0 Å². The molecular formula is C13H15NO2. The molecule has 0 spiro atoms. The van der Waals surface area contributed by atoms with Crippen LogP contribution in [-0.2, 0) is 6.42 Å². The summed E-state index contributed by atoms with van der Waals surface area (Å²) in [7, 11) is 0. The van der Waals surface area contributed by atoms with Crippen LogP contribution < -0.4 is 9.47 Å². The summed E-state index contributed by atoms with van der Waals surface area (Å²) in [4.78, 5) is 0. The molecule has 0 bridgehead atoms. The Kier molecular flexibility index (Phi) is 2.74. The fourth-order valence-corrected chi connectivity index (χ4v) is 1.91. The highest BCUT2D eigenvalue weighted by molar-refractivity contribution is 5.50. The Bertz CT molecular complexity index is 432. The average molecular weight is 217 g/mol. The first kappa shape index (κ1) is 10.8. The Labute approximate surface area is 95.6 Å². The van der Waals surface area contributed by atoms with E-state index >= 15 is 0 Å².